The van der Waals surface area contributed by atoms with Crippen molar-refractivity contribution in [2.24, 2.45) is 0 Å². The number of nitrogens with two attached hydrogens (primary N) is 1. The van der Waals surface area contributed by atoms with Crippen LogP contribution in [0.5, 0.6) is 0 Å². The standard InChI is InChI=1S/C11H13F3N2O2/c1-18-10(17)8-6-7(15)2-3-9(8)16-5-4-11(12,13)14/h2-3,6,16H,4-5,15H2,1H3. The number of carbonyl (C=O) groups is 1. The van der Waals surface area contributed by atoms with Crippen molar-refractivity contribution in [2.75, 3.05) is 24.7 Å². The first-order chi connectivity index (χ1) is 8.33. The lowest BCUT2D eigenvalue weighted by molar-refractivity contribution is -0.131. The molecule has 0 aliphatic heterocycles. The van der Waals surface area contributed by atoms with Crippen LogP contribution in [0.2, 0.25) is 0 Å². The van der Waals surface area contributed by atoms with E-state index in [1.807, 2.05) is 0 Å². The molecule has 3 N–H and O–H groups in total. The molecule has 0 aliphatic rings. The summed E-state index contributed by atoms with van der Waals surface area (Å²) in [6.45, 7) is -0.322. The van der Waals surface area contributed by atoms with Gasteiger partial charge in [0, 0.05) is 17.9 Å². The fourth-order valence-electron chi connectivity index (χ4n) is 1.33. The average Bonchev–Trinajstić information content (AvgIpc) is 2.28. The van der Waals surface area contributed by atoms with Gasteiger partial charge in [0.05, 0.1) is 19.1 Å². The summed E-state index contributed by atoms with van der Waals surface area (Å²) in [6.07, 6.45) is -5.23. The minimum absolute atomic E-state index is 0.111. The molecule has 0 fully saturated rings. The molecule has 0 saturated carbocycles. The number of nitrogen functional groups attached to an aromatic ring is 1. The monoisotopic (exact) mass is 262 g/mol. The highest BCUT2D eigenvalue weighted by Crippen LogP contribution is 2.22. The molecule has 0 saturated heterocycles. The molecule has 0 heterocycles. The number of benzene rings is 1. The number of halogens is 3. The normalized spacial score (nSPS) is 11.1. The van der Waals surface area contributed by atoms with Gasteiger partial charge >= 0.3 is 12.1 Å². The van der Waals surface area contributed by atoms with E-state index >= 15 is 0 Å². The lowest BCUT2D eigenvalue weighted by Crippen LogP contribution is -2.16. The topological polar surface area (TPSA) is 64.3 Å². The van der Waals surface area contributed by atoms with Crippen molar-refractivity contribution >= 4 is 17.3 Å². The van der Waals surface area contributed by atoms with E-state index in [2.05, 4.69) is 10.1 Å². The number of esters is 1. The summed E-state index contributed by atoms with van der Waals surface area (Å²) in [4.78, 5) is 11.4. The quantitative estimate of drug-likeness (QED) is 0.646. The molecule has 1 rings (SSSR count). The molecule has 4 nitrogen and oxygen atoms in total. The molecule has 1 aromatic rings. The van der Waals surface area contributed by atoms with E-state index in [0.717, 1.165) is 0 Å². The second kappa shape index (κ2) is 5.61. The van der Waals surface area contributed by atoms with Crippen LogP contribution < -0.4 is 11.1 Å². The molecule has 0 spiro atoms. The van der Waals surface area contributed by atoms with E-state index in [9.17, 15) is 18.0 Å². The number of anilines is 2. The molecule has 7 heteroatoms. The van der Waals surface area contributed by atoms with Crippen LogP contribution in [0.4, 0.5) is 24.5 Å². The van der Waals surface area contributed by atoms with E-state index in [0.29, 0.717) is 5.69 Å². The van der Waals surface area contributed by atoms with Gasteiger partial charge in [0.15, 0.2) is 0 Å². The Kier molecular flexibility index (Phi) is 4.41. The predicted molar refractivity (Wildman–Crippen MR) is 61.4 cm³/mol. The van der Waals surface area contributed by atoms with Gasteiger partial charge in [-0.2, -0.15) is 13.2 Å². The largest absolute Gasteiger partial charge is 0.465 e. The minimum Gasteiger partial charge on any atom is -0.465 e. The number of hydrogen-bond donors (Lipinski definition) is 2. The fourth-order valence-corrected chi connectivity index (χ4v) is 1.33. The second-order valence-corrected chi connectivity index (χ2v) is 3.59. The van der Waals surface area contributed by atoms with Crippen LogP contribution in [0.15, 0.2) is 18.2 Å². The molecule has 0 aliphatic carbocycles. The first-order valence-electron chi connectivity index (χ1n) is 5.12. The predicted octanol–water partition coefficient (Wildman–Crippen LogP) is 2.42. The molecule has 0 radical (unpaired) electrons. The third-order valence-corrected chi connectivity index (χ3v) is 2.17. The van der Waals surface area contributed by atoms with Crippen molar-refractivity contribution in [2.45, 2.75) is 12.6 Å². The zero-order valence-electron chi connectivity index (χ0n) is 9.67. The number of alkyl halides is 3. The Hall–Kier alpha value is -1.92. The zero-order valence-corrected chi connectivity index (χ0v) is 9.67. The number of ether oxygens (including phenoxy) is 1. The lowest BCUT2D eigenvalue weighted by Gasteiger charge is -2.12. The van der Waals surface area contributed by atoms with E-state index in [-0.39, 0.29) is 17.8 Å². The van der Waals surface area contributed by atoms with Crippen LogP contribution >= 0.6 is 0 Å². The van der Waals surface area contributed by atoms with Crippen molar-refractivity contribution in [3.8, 4) is 0 Å². The average molecular weight is 262 g/mol. The van der Waals surface area contributed by atoms with Gasteiger partial charge in [0.2, 0.25) is 0 Å². The van der Waals surface area contributed by atoms with Crippen LogP contribution in [0.3, 0.4) is 0 Å². The Bertz CT molecular complexity index is 433. The SMILES string of the molecule is COC(=O)c1cc(N)ccc1NCCC(F)(F)F. The van der Waals surface area contributed by atoms with Gasteiger partial charge in [-0.3, -0.25) is 0 Å². The highest BCUT2D eigenvalue weighted by molar-refractivity contribution is 5.96. The summed E-state index contributed by atoms with van der Waals surface area (Å²) in [6, 6.07) is 4.28. The molecular weight excluding hydrogens is 249 g/mol. The molecule has 0 unspecified atom stereocenters. The summed E-state index contributed by atoms with van der Waals surface area (Å²) < 4.78 is 40.5. The van der Waals surface area contributed by atoms with Crippen LogP contribution in [0, 0.1) is 0 Å². The van der Waals surface area contributed by atoms with Gasteiger partial charge < -0.3 is 15.8 Å². The maximum Gasteiger partial charge on any atom is 0.390 e. The smallest absolute Gasteiger partial charge is 0.390 e. The van der Waals surface area contributed by atoms with Gasteiger partial charge in [-0.05, 0) is 18.2 Å². The van der Waals surface area contributed by atoms with Gasteiger partial charge in [0.1, 0.15) is 0 Å². The second-order valence-electron chi connectivity index (χ2n) is 3.59. The van der Waals surface area contributed by atoms with E-state index in [1.165, 1.54) is 25.3 Å². The number of hydrogen-bond acceptors (Lipinski definition) is 4. The highest BCUT2D eigenvalue weighted by atomic mass is 19.4. The summed E-state index contributed by atoms with van der Waals surface area (Å²) in [5, 5.41) is 2.54. The molecule has 18 heavy (non-hydrogen) atoms. The Labute approximate surface area is 102 Å². The van der Waals surface area contributed by atoms with Crippen LogP contribution in [-0.2, 0) is 4.74 Å². The summed E-state index contributed by atoms with van der Waals surface area (Å²) >= 11 is 0. The molecule has 0 atom stereocenters. The van der Waals surface area contributed by atoms with Crippen molar-refractivity contribution in [1.29, 1.82) is 0 Å². The summed E-state index contributed by atoms with van der Waals surface area (Å²) in [7, 11) is 1.19. The Morgan fingerprint density at radius 1 is 1.44 bits per heavy atom. The molecule has 100 valence electrons. The van der Waals surface area contributed by atoms with Gasteiger partial charge in [-0.15, -0.1) is 0 Å². The third kappa shape index (κ3) is 4.15. The van der Waals surface area contributed by atoms with Crippen LogP contribution in [0.25, 0.3) is 0 Å². The van der Waals surface area contributed by atoms with Crippen molar-refractivity contribution in [3.05, 3.63) is 23.8 Å². The highest BCUT2D eigenvalue weighted by Gasteiger charge is 2.26. The number of rotatable bonds is 4. The lowest BCUT2D eigenvalue weighted by atomic mass is 10.1. The van der Waals surface area contributed by atoms with Crippen molar-refractivity contribution in [1.82, 2.24) is 0 Å². The molecule has 1 aromatic carbocycles. The van der Waals surface area contributed by atoms with Crippen LogP contribution in [-0.4, -0.2) is 25.8 Å². The number of nitrogens with one attached hydrogen (secondary N) is 1. The molecule has 0 aromatic heterocycles. The van der Waals surface area contributed by atoms with Crippen molar-refractivity contribution < 1.29 is 22.7 Å². The maximum atomic E-state index is 12.0. The first kappa shape index (κ1) is 14.1. The summed E-state index contributed by atoms with van der Waals surface area (Å²) in [5.41, 5.74) is 6.21. The molecular formula is C11H13F3N2O2. The summed E-state index contributed by atoms with van der Waals surface area (Å²) in [5.74, 6) is -0.656. The van der Waals surface area contributed by atoms with E-state index in [4.69, 9.17) is 5.73 Å². The van der Waals surface area contributed by atoms with E-state index < -0.39 is 18.6 Å². The maximum absolute atomic E-state index is 12.0. The van der Waals surface area contributed by atoms with E-state index in [1.54, 1.807) is 0 Å². The fraction of sp³-hybridized carbons (Fsp3) is 0.364. The minimum atomic E-state index is -4.24. The molecule has 0 bridgehead atoms. The van der Waals surface area contributed by atoms with Gasteiger partial charge in [-0.25, -0.2) is 4.79 Å². The first-order valence-corrected chi connectivity index (χ1v) is 5.12. The Morgan fingerprint density at radius 2 is 2.11 bits per heavy atom. The zero-order chi connectivity index (χ0) is 13.8. The Morgan fingerprint density at radius 3 is 2.67 bits per heavy atom. The van der Waals surface area contributed by atoms with Gasteiger partial charge in [0.25, 0.3) is 0 Å². The number of methoxy groups -OCH3 is 1. The van der Waals surface area contributed by atoms with Crippen molar-refractivity contribution in [3.63, 3.8) is 0 Å². The van der Waals surface area contributed by atoms with Crippen LogP contribution in [0.1, 0.15) is 16.8 Å². The van der Waals surface area contributed by atoms with Gasteiger partial charge in [-0.1, -0.05) is 0 Å². The third-order valence-electron chi connectivity index (χ3n) is 2.17. The Balaban J connectivity index is 2.79. The number of carbonyl (C=O) groups excluding carboxylic acids is 1. The molecule has 0 amide bonds.